The predicted molar refractivity (Wildman–Crippen MR) is 62.2 cm³/mol. The zero-order valence-corrected chi connectivity index (χ0v) is 10.1. The SMILES string of the molecule is CCCC(COCC1CCCO1)NCC. The summed E-state index contributed by atoms with van der Waals surface area (Å²) >= 11 is 0. The van der Waals surface area contributed by atoms with Gasteiger partial charge in [0.1, 0.15) is 0 Å². The first-order valence-corrected chi connectivity index (χ1v) is 6.29. The zero-order valence-electron chi connectivity index (χ0n) is 10.1. The van der Waals surface area contributed by atoms with Crippen LogP contribution in [-0.4, -0.2) is 38.5 Å². The second-order valence-corrected chi connectivity index (χ2v) is 4.22. The van der Waals surface area contributed by atoms with Crippen molar-refractivity contribution in [2.75, 3.05) is 26.4 Å². The second-order valence-electron chi connectivity index (χ2n) is 4.22. The van der Waals surface area contributed by atoms with E-state index in [9.17, 15) is 0 Å². The van der Waals surface area contributed by atoms with Gasteiger partial charge in [-0.3, -0.25) is 0 Å². The number of rotatable bonds is 8. The van der Waals surface area contributed by atoms with Gasteiger partial charge in [0.15, 0.2) is 0 Å². The molecule has 90 valence electrons. The predicted octanol–water partition coefficient (Wildman–Crippen LogP) is 1.96. The van der Waals surface area contributed by atoms with E-state index in [1.165, 1.54) is 25.7 Å². The maximum Gasteiger partial charge on any atom is 0.0809 e. The molecule has 1 aliphatic rings. The summed E-state index contributed by atoms with van der Waals surface area (Å²) in [7, 11) is 0. The van der Waals surface area contributed by atoms with Crippen LogP contribution < -0.4 is 5.32 Å². The Morgan fingerprint density at radius 2 is 2.33 bits per heavy atom. The van der Waals surface area contributed by atoms with Crippen LogP contribution in [0.15, 0.2) is 0 Å². The van der Waals surface area contributed by atoms with Gasteiger partial charge in [-0.05, 0) is 25.8 Å². The molecule has 0 aromatic heterocycles. The molecule has 1 saturated heterocycles. The molecular weight excluding hydrogens is 190 g/mol. The molecule has 0 aromatic rings. The van der Waals surface area contributed by atoms with Gasteiger partial charge in [-0.25, -0.2) is 0 Å². The Hall–Kier alpha value is -0.120. The van der Waals surface area contributed by atoms with E-state index in [1.807, 2.05) is 0 Å². The smallest absolute Gasteiger partial charge is 0.0809 e. The van der Waals surface area contributed by atoms with Gasteiger partial charge in [-0.2, -0.15) is 0 Å². The average molecular weight is 215 g/mol. The van der Waals surface area contributed by atoms with Crippen LogP contribution >= 0.6 is 0 Å². The molecule has 0 radical (unpaired) electrons. The van der Waals surface area contributed by atoms with Gasteiger partial charge >= 0.3 is 0 Å². The van der Waals surface area contributed by atoms with Crippen LogP contribution in [0.1, 0.15) is 39.5 Å². The number of likely N-dealkylation sites (N-methyl/N-ethyl adjacent to an activating group) is 1. The Morgan fingerprint density at radius 3 is 2.93 bits per heavy atom. The van der Waals surface area contributed by atoms with Gasteiger partial charge in [0.2, 0.25) is 0 Å². The number of nitrogens with one attached hydrogen (secondary N) is 1. The summed E-state index contributed by atoms with van der Waals surface area (Å²) in [5, 5.41) is 3.44. The topological polar surface area (TPSA) is 30.5 Å². The fourth-order valence-electron chi connectivity index (χ4n) is 2.00. The molecule has 0 amide bonds. The molecular formula is C12H25NO2. The Bertz CT molecular complexity index is 141. The number of hydrogen-bond acceptors (Lipinski definition) is 3. The van der Waals surface area contributed by atoms with Gasteiger partial charge in [0.05, 0.1) is 19.3 Å². The third-order valence-corrected chi connectivity index (χ3v) is 2.78. The zero-order chi connectivity index (χ0) is 10.9. The van der Waals surface area contributed by atoms with Crippen LogP contribution in [-0.2, 0) is 9.47 Å². The fraction of sp³-hybridized carbons (Fsp3) is 1.00. The lowest BCUT2D eigenvalue weighted by atomic mass is 10.2. The summed E-state index contributed by atoms with van der Waals surface area (Å²) < 4.78 is 11.2. The summed E-state index contributed by atoms with van der Waals surface area (Å²) in [6.45, 7) is 7.88. The van der Waals surface area contributed by atoms with E-state index < -0.39 is 0 Å². The van der Waals surface area contributed by atoms with Crippen LogP contribution in [0.4, 0.5) is 0 Å². The molecule has 0 aliphatic carbocycles. The Kier molecular flexibility index (Phi) is 6.98. The lowest BCUT2D eigenvalue weighted by Crippen LogP contribution is -2.34. The van der Waals surface area contributed by atoms with E-state index in [4.69, 9.17) is 9.47 Å². The Balaban J connectivity index is 2.04. The van der Waals surface area contributed by atoms with E-state index in [0.717, 1.165) is 26.4 Å². The van der Waals surface area contributed by atoms with Crippen molar-refractivity contribution in [1.29, 1.82) is 0 Å². The highest BCUT2D eigenvalue weighted by molar-refractivity contribution is 4.67. The molecule has 1 fully saturated rings. The third kappa shape index (κ3) is 5.50. The largest absolute Gasteiger partial charge is 0.377 e. The molecule has 15 heavy (non-hydrogen) atoms. The molecule has 1 rings (SSSR count). The quantitative estimate of drug-likeness (QED) is 0.671. The number of hydrogen-bond donors (Lipinski definition) is 1. The molecule has 3 heteroatoms. The Labute approximate surface area is 93.5 Å². The van der Waals surface area contributed by atoms with E-state index in [1.54, 1.807) is 0 Å². The average Bonchev–Trinajstić information content (AvgIpc) is 2.71. The van der Waals surface area contributed by atoms with Gasteiger partial charge in [0.25, 0.3) is 0 Å². The van der Waals surface area contributed by atoms with E-state index in [2.05, 4.69) is 19.2 Å². The molecule has 1 N–H and O–H groups in total. The highest BCUT2D eigenvalue weighted by Crippen LogP contribution is 2.12. The summed E-state index contributed by atoms with van der Waals surface area (Å²) in [5.41, 5.74) is 0. The van der Waals surface area contributed by atoms with E-state index >= 15 is 0 Å². The standard InChI is InChI=1S/C12H25NO2/c1-3-6-11(13-4-2)9-14-10-12-7-5-8-15-12/h11-13H,3-10H2,1-2H3. The van der Waals surface area contributed by atoms with Crippen LogP contribution in [0.2, 0.25) is 0 Å². The summed E-state index contributed by atoms with van der Waals surface area (Å²) in [4.78, 5) is 0. The highest BCUT2D eigenvalue weighted by atomic mass is 16.5. The lowest BCUT2D eigenvalue weighted by molar-refractivity contribution is 0.00959. The minimum absolute atomic E-state index is 0.355. The fourth-order valence-corrected chi connectivity index (χ4v) is 2.00. The lowest BCUT2D eigenvalue weighted by Gasteiger charge is -2.18. The number of ether oxygens (including phenoxy) is 2. The van der Waals surface area contributed by atoms with Crippen molar-refractivity contribution in [3.8, 4) is 0 Å². The van der Waals surface area contributed by atoms with Crippen LogP contribution in [0.3, 0.4) is 0 Å². The molecule has 1 heterocycles. The summed E-state index contributed by atoms with van der Waals surface area (Å²) in [6.07, 6.45) is 5.12. The molecule has 3 nitrogen and oxygen atoms in total. The van der Waals surface area contributed by atoms with Crippen LogP contribution in [0.5, 0.6) is 0 Å². The Morgan fingerprint density at radius 1 is 1.47 bits per heavy atom. The normalized spacial score (nSPS) is 23.2. The molecule has 0 saturated carbocycles. The van der Waals surface area contributed by atoms with E-state index in [-0.39, 0.29) is 0 Å². The third-order valence-electron chi connectivity index (χ3n) is 2.78. The monoisotopic (exact) mass is 215 g/mol. The van der Waals surface area contributed by atoms with Crippen molar-refractivity contribution in [1.82, 2.24) is 5.32 Å². The second kappa shape index (κ2) is 8.08. The first-order chi connectivity index (χ1) is 7.36. The summed E-state index contributed by atoms with van der Waals surface area (Å²) in [5.74, 6) is 0. The minimum Gasteiger partial charge on any atom is -0.377 e. The van der Waals surface area contributed by atoms with Crippen molar-refractivity contribution in [3.63, 3.8) is 0 Å². The van der Waals surface area contributed by atoms with Gasteiger partial charge in [-0.15, -0.1) is 0 Å². The van der Waals surface area contributed by atoms with Crippen molar-refractivity contribution < 1.29 is 9.47 Å². The van der Waals surface area contributed by atoms with Gasteiger partial charge in [0, 0.05) is 12.6 Å². The van der Waals surface area contributed by atoms with Crippen molar-refractivity contribution in [2.24, 2.45) is 0 Å². The molecule has 2 atom stereocenters. The molecule has 0 bridgehead atoms. The van der Waals surface area contributed by atoms with E-state index in [0.29, 0.717) is 12.1 Å². The summed E-state index contributed by atoms with van der Waals surface area (Å²) in [6, 6.07) is 0.515. The van der Waals surface area contributed by atoms with Gasteiger partial charge in [-0.1, -0.05) is 20.3 Å². The molecule has 2 unspecified atom stereocenters. The highest BCUT2D eigenvalue weighted by Gasteiger charge is 2.16. The molecule has 1 aliphatic heterocycles. The maximum absolute atomic E-state index is 5.70. The van der Waals surface area contributed by atoms with Gasteiger partial charge < -0.3 is 14.8 Å². The molecule has 0 aromatic carbocycles. The van der Waals surface area contributed by atoms with Crippen LogP contribution in [0, 0.1) is 0 Å². The minimum atomic E-state index is 0.355. The maximum atomic E-state index is 5.70. The van der Waals surface area contributed by atoms with Crippen molar-refractivity contribution in [2.45, 2.75) is 51.7 Å². The van der Waals surface area contributed by atoms with Crippen molar-refractivity contribution in [3.05, 3.63) is 0 Å². The first-order valence-electron chi connectivity index (χ1n) is 6.29. The van der Waals surface area contributed by atoms with Crippen molar-refractivity contribution >= 4 is 0 Å². The van der Waals surface area contributed by atoms with Crippen LogP contribution in [0.25, 0.3) is 0 Å². The first kappa shape index (κ1) is 12.9. The molecule has 0 spiro atoms.